The van der Waals surface area contributed by atoms with Crippen LogP contribution in [-0.4, -0.2) is 22.9 Å². The lowest BCUT2D eigenvalue weighted by Gasteiger charge is -2.42. The maximum Gasteiger partial charge on any atom is 0.182 e. The van der Waals surface area contributed by atoms with E-state index in [1.54, 1.807) is 5.10 Å². The van der Waals surface area contributed by atoms with Gasteiger partial charge in [0.05, 0.1) is 8.07 Å². The molecule has 0 N–H and O–H groups in total. The Hall–Kier alpha value is 0.529. The smallest absolute Gasteiger partial charge is 0.164 e. The summed E-state index contributed by atoms with van der Waals surface area (Å²) in [6, 6.07) is 0. The van der Waals surface area contributed by atoms with E-state index in [2.05, 4.69) is 31.9 Å². The fraction of sp³-hybridized carbons (Fsp3) is 0.857. The van der Waals surface area contributed by atoms with E-state index in [1.165, 1.54) is 38.5 Å². The Kier molecular flexibility index (Phi) is 4.88. The molecule has 2 aliphatic heterocycles. The van der Waals surface area contributed by atoms with E-state index in [0.717, 1.165) is 18.3 Å². The summed E-state index contributed by atoms with van der Waals surface area (Å²) >= 11 is 6.65. The minimum Gasteiger partial charge on any atom is -0.164 e. The maximum atomic E-state index is 6.65. The summed E-state index contributed by atoms with van der Waals surface area (Å²) in [5.41, 5.74) is 2.66. The molecule has 2 aliphatic rings. The van der Waals surface area contributed by atoms with Crippen molar-refractivity contribution in [1.29, 1.82) is 0 Å². The number of hydrogen-bond donors (Lipinski definition) is 0. The van der Waals surface area contributed by atoms with Gasteiger partial charge in [-0.3, -0.25) is 0 Å². The molecule has 2 bridgehead atoms. The van der Waals surface area contributed by atoms with Gasteiger partial charge in [0, 0.05) is 0 Å². The van der Waals surface area contributed by atoms with Gasteiger partial charge in [0.1, 0.15) is 0 Å². The van der Waals surface area contributed by atoms with Crippen LogP contribution in [0.3, 0.4) is 0 Å². The summed E-state index contributed by atoms with van der Waals surface area (Å²) < 4.78 is 0. The molecule has 0 saturated carbocycles. The highest BCUT2D eigenvalue weighted by Crippen LogP contribution is 2.49. The molecule has 0 spiro atoms. The van der Waals surface area contributed by atoms with E-state index in [9.17, 15) is 0 Å². The topological polar surface area (TPSA) is 0 Å². The van der Waals surface area contributed by atoms with Crippen LogP contribution in [0.1, 0.15) is 38.5 Å². The summed E-state index contributed by atoms with van der Waals surface area (Å²) in [6.07, 6.45) is 8.82. The Morgan fingerprint density at radius 3 is 1.89 bits per heavy atom. The molecule has 2 fully saturated rings. The molecule has 2 heterocycles. The van der Waals surface area contributed by atoms with E-state index in [-0.39, 0.29) is 0 Å². The highest BCUT2D eigenvalue weighted by atomic mass is 35.6. The normalized spacial score (nSPS) is 29.9. The van der Waals surface area contributed by atoms with Crippen molar-refractivity contribution in [2.24, 2.45) is 0 Å². The molecule has 2 rings (SSSR count). The average molecular weight is 298 g/mol. The summed E-state index contributed by atoms with van der Waals surface area (Å²) in [5.74, 6) is 1.94. The second-order valence-electron chi connectivity index (χ2n) is 7.41. The Balaban J connectivity index is 2.27. The Morgan fingerprint density at radius 2 is 1.56 bits per heavy atom. The molecule has 1 radical (unpaired) electrons. The van der Waals surface area contributed by atoms with Gasteiger partial charge in [0.25, 0.3) is 0 Å². The Labute approximate surface area is 121 Å². The quantitative estimate of drug-likeness (QED) is 0.488. The fourth-order valence-corrected chi connectivity index (χ4v) is 9.10. The third-order valence-corrected chi connectivity index (χ3v) is 8.05. The van der Waals surface area contributed by atoms with Gasteiger partial charge in [-0.2, -0.15) is 11.1 Å². The summed E-state index contributed by atoms with van der Waals surface area (Å²) in [4.78, 5) is 0. The number of halogens is 1. The van der Waals surface area contributed by atoms with Gasteiger partial charge in [-0.1, -0.05) is 76.3 Å². The standard InChI is InChI=1S/C14H27BClSi2/c1-17(16)14(11-18(2,3)4)15-12-7-5-8-13(15)10-6-9-12/h11-13H,5-10H2,1-4H3/b14-11-. The molecule has 0 amide bonds. The van der Waals surface area contributed by atoms with Crippen LogP contribution in [0.2, 0.25) is 37.8 Å². The van der Waals surface area contributed by atoms with E-state index in [4.69, 9.17) is 11.1 Å². The lowest BCUT2D eigenvalue weighted by atomic mass is 9.27. The van der Waals surface area contributed by atoms with Gasteiger partial charge < -0.3 is 0 Å². The van der Waals surface area contributed by atoms with Crippen molar-refractivity contribution in [2.45, 2.75) is 76.3 Å². The van der Waals surface area contributed by atoms with Crippen molar-refractivity contribution in [3.63, 3.8) is 0 Å². The van der Waals surface area contributed by atoms with Gasteiger partial charge >= 0.3 is 0 Å². The minimum absolute atomic E-state index is 0.778. The fourth-order valence-electron chi connectivity index (χ4n) is 4.08. The van der Waals surface area contributed by atoms with Crippen LogP contribution in [0.5, 0.6) is 0 Å². The lowest BCUT2D eigenvalue weighted by molar-refractivity contribution is 0.447. The van der Waals surface area contributed by atoms with Crippen LogP contribution < -0.4 is 0 Å². The molecule has 2 saturated heterocycles. The van der Waals surface area contributed by atoms with Gasteiger partial charge in [0.15, 0.2) is 14.8 Å². The van der Waals surface area contributed by atoms with E-state index < -0.39 is 16.2 Å². The van der Waals surface area contributed by atoms with Crippen molar-refractivity contribution in [3.05, 3.63) is 10.8 Å². The third kappa shape index (κ3) is 3.55. The van der Waals surface area contributed by atoms with Gasteiger partial charge in [-0.05, 0) is 0 Å². The highest BCUT2D eigenvalue weighted by Gasteiger charge is 2.42. The zero-order valence-electron chi connectivity index (χ0n) is 12.4. The van der Waals surface area contributed by atoms with Crippen LogP contribution in [0.4, 0.5) is 0 Å². The summed E-state index contributed by atoms with van der Waals surface area (Å²) in [7, 11) is -1.91. The molecule has 4 heteroatoms. The molecule has 0 nitrogen and oxygen atoms in total. The molecule has 0 aromatic carbocycles. The van der Waals surface area contributed by atoms with Crippen molar-refractivity contribution < 1.29 is 0 Å². The molecule has 101 valence electrons. The number of hydrogen-bond acceptors (Lipinski definition) is 0. The largest absolute Gasteiger partial charge is 0.182 e. The summed E-state index contributed by atoms with van der Waals surface area (Å²) in [5, 5.41) is 1.72. The van der Waals surface area contributed by atoms with Gasteiger partial charge in [-0.25, -0.2) is 0 Å². The Morgan fingerprint density at radius 1 is 1.11 bits per heavy atom. The first kappa shape index (κ1) is 14.9. The first-order valence-electron chi connectivity index (χ1n) is 7.60. The summed E-state index contributed by atoms with van der Waals surface area (Å²) in [6.45, 7) is 10.5. The molecular formula is C14H27BClSi2. The first-order chi connectivity index (χ1) is 8.38. The van der Waals surface area contributed by atoms with Crippen molar-refractivity contribution in [2.75, 3.05) is 0 Å². The molecule has 18 heavy (non-hydrogen) atoms. The van der Waals surface area contributed by atoms with Crippen molar-refractivity contribution in [3.8, 4) is 0 Å². The zero-order chi connectivity index (χ0) is 13.3. The van der Waals surface area contributed by atoms with Crippen LogP contribution in [0, 0.1) is 0 Å². The zero-order valence-corrected chi connectivity index (χ0v) is 15.2. The second kappa shape index (κ2) is 5.88. The van der Waals surface area contributed by atoms with Crippen LogP contribution >= 0.6 is 11.1 Å². The molecule has 0 unspecified atom stereocenters. The predicted molar refractivity (Wildman–Crippen MR) is 89.9 cm³/mol. The number of rotatable bonds is 3. The highest BCUT2D eigenvalue weighted by molar-refractivity contribution is 7.17. The molecule has 0 aromatic rings. The van der Waals surface area contributed by atoms with Crippen molar-refractivity contribution in [1.82, 2.24) is 0 Å². The van der Waals surface area contributed by atoms with Crippen LogP contribution in [0.25, 0.3) is 0 Å². The average Bonchev–Trinajstić information content (AvgIpc) is 2.23. The van der Waals surface area contributed by atoms with E-state index in [0.29, 0.717) is 0 Å². The first-order valence-corrected chi connectivity index (χ1v) is 14.2. The maximum absolute atomic E-state index is 6.65. The van der Waals surface area contributed by atoms with E-state index >= 15 is 0 Å². The SMILES string of the molecule is C[Si](Cl)/C(=C\[Si](C)(C)C)B1C2CCCC1CCC2. The van der Waals surface area contributed by atoms with Crippen molar-refractivity contribution >= 4 is 34.0 Å². The van der Waals surface area contributed by atoms with Crippen LogP contribution in [-0.2, 0) is 0 Å². The van der Waals surface area contributed by atoms with Gasteiger partial charge in [-0.15, -0.1) is 10.8 Å². The Bertz CT molecular complexity index is 300. The molecular weight excluding hydrogens is 271 g/mol. The minimum atomic E-state index is -1.14. The number of fused-ring (bicyclic) bond motifs is 2. The molecule has 0 atom stereocenters. The third-order valence-electron chi connectivity index (χ3n) is 4.66. The second-order valence-corrected chi connectivity index (χ2v) is 15.8. The lowest BCUT2D eigenvalue weighted by Crippen LogP contribution is -2.41. The molecule has 0 aromatic heterocycles. The predicted octanol–water partition coefficient (Wildman–Crippen LogP) is 5.33. The monoisotopic (exact) mass is 297 g/mol. The molecule has 0 aliphatic carbocycles. The van der Waals surface area contributed by atoms with Gasteiger partial charge in [0.2, 0.25) is 0 Å². The van der Waals surface area contributed by atoms with E-state index in [1.807, 2.05) is 0 Å². The van der Waals surface area contributed by atoms with Crippen LogP contribution in [0.15, 0.2) is 10.8 Å².